The van der Waals surface area contributed by atoms with Gasteiger partial charge in [-0.2, -0.15) is 0 Å². The van der Waals surface area contributed by atoms with E-state index in [0.29, 0.717) is 23.5 Å². The molecular formula is C22H28N4O3S3. The fourth-order valence-electron chi connectivity index (χ4n) is 3.77. The maximum absolute atomic E-state index is 12.8. The van der Waals surface area contributed by atoms with Crippen LogP contribution in [0.25, 0.3) is 10.2 Å². The molecule has 4 rings (SSSR count). The van der Waals surface area contributed by atoms with Gasteiger partial charge in [0.15, 0.2) is 0 Å². The summed E-state index contributed by atoms with van der Waals surface area (Å²) in [6.45, 7) is 9.60. The van der Waals surface area contributed by atoms with Crippen molar-refractivity contribution in [1.82, 2.24) is 20.2 Å². The number of amides is 1. The summed E-state index contributed by atoms with van der Waals surface area (Å²) in [6.07, 6.45) is 0. The zero-order valence-electron chi connectivity index (χ0n) is 18.5. The lowest BCUT2D eigenvalue weighted by molar-refractivity contribution is -0.120. The van der Waals surface area contributed by atoms with Gasteiger partial charge in [0.1, 0.15) is 10.7 Å². The van der Waals surface area contributed by atoms with Gasteiger partial charge in [-0.3, -0.25) is 14.5 Å². The van der Waals surface area contributed by atoms with Crippen LogP contribution in [0.15, 0.2) is 22.3 Å². The molecule has 2 atom stereocenters. The number of aromatic amines is 1. The summed E-state index contributed by atoms with van der Waals surface area (Å²) in [5.41, 5.74) is 0.889. The number of carbonyl (C=O) groups excluding carboxylic acids is 1. The van der Waals surface area contributed by atoms with Crippen LogP contribution in [0.2, 0.25) is 0 Å². The maximum atomic E-state index is 12.8. The van der Waals surface area contributed by atoms with Gasteiger partial charge in [0.2, 0.25) is 5.91 Å². The number of morpholine rings is 1. The zero-order valence-corrected chi connectivity index (χ0v) is 20.9. The largest absolute Gasteiger partial charge is 0.379 e. The highest BCUT2D eigenvalue weighted by molar-refractivity contribution is 7.99. The number of H-pyrrole nitrogens is 1. The van der Waals surface area contributed by atoms with Gasteiger partial charge in [-0.1, -0.05) is 6.07 Å². The van der Waals surface area contributed by atoms with E-state index >= 15 is 0 Å². The summed E-state index contributed by atoms with van der Waals surface area (Å²) in [4.78, 5) is 38.2. The van der Waals surface area contributed by atoms with Crippen LogP contribution in [0, 0.1) is 13.8 Å². The Morgan fingerprint density at radius 3 is 2.88 bits per heavy atom. The summed E-state index contributed by atoms with van der Waals surface area (Å²) in [7, 11) is 0. The van der Waals surface area contributed by atoms with Crippen LogP contribution in [-0.2, 0) is 15.3 Å². The summed E-state index contributed by atoms with van der Waals surface area (Å²) >= 11 is 4.74. The summed E-state index contributed by atoms with van der Waals surface area (Å²) in [6, 6.07) is 4.33. The number of rotatable bonds is 8. The van der Waals surface area contributed by atoms with E-state index in [1.54, 1.807) is 11.3 Å². The standard InChI is InChI=1S/C22H28N4O3S3/c1-13-14(2)32-22-19(13)21(28)24-18(25-22)12-31-15(3)20(27)23-11-16(17-5-4-10-30-17)26-6-8-29-9-7-26/h4-5,10,15-16H,6-9,11-12H2,1-3H3,(H,23,27)(H,24,25,28). The molecule has 10 heteroatoms. The molecule has 3 aromatic heterocycles. The van der Waals surface area contributed by atoms with Gasteiger partial charge >= 0.3 is 0 Å². The van der Waals surface area contributed by atoms with E-state index < -0.39 is 0 Å². The number of hydrogen-bond donors (Lipinski definition) is 2. The maximum Gasteiger partial charge on any atom is 0.259 e. The molecule has 2 N–H and O–H groups in total. The molecule has 0 radical (unpaired) electrons. The summed E-state index contributed by atoms with van der Waals surface area (Å²) in [5.74, 6) is 1.09. The average Bonchev–Trinajstić information content (AvgIpc) is 3.41. The average molecular weight is 493 g/mol. The van der Waals surface area contributed by atoms with Gasteiger partial charge in [0, 0.05) is 29.4 Å². The predicted octanol–water partition coefficient (Wildman–Crippen LogP) is 3.47. The fourth-order valence-corrected chi connectivity index (χ4v) is 6.46. The predicted molar refractivity (Wildman–Crippen MR) is 133 cm³/mol. The third kappa shape index (κ3) is 5.26. The van der Waals surface area contributed by atoms with E-state index in [1.165, 1.54) is 28.0 Å². The third-order valence-electron chi connectivity index (χ3n) is 5.76. The fraction of sp³-hybridized carbons (Fsp3) is 0.500. The number of fused-ring (bicyclic) bond motifs is 1. The molecule has 2 unspecified atom stereocenters. The van der Waals surface area contributed by atoms with Crippen molar-refractivity contribution >= 4 is 50.6 Å². The van der Waals surface area contributed by atoms with Crippen molar-refractivity contribution in [2.24, 2.45) is 0 Å². The number of aromatic nitrogens is 2. The van der Waals surface area contributed by atoms with Crippen molar-refractivity contribution in [3.63, 3.8) is 0 Å². The number of thioether (sulfide) groups is 1. The molecular weight excluding hydrogens is 464 g/mol. The van der Waals surface area contributed by atoms with Crippen LogP contribution in [0.3, 0.4) is 0 Å². The first kappa shape index (κ1) is 23.4. The molecule has 1 aliphatic heterocycles. The normalized spacial score (nSPS) is 16.8. The number of nitrogens with one attached hydrogen (secondary N) is 2. The number of nitrogens with zero attached hydrogens (tertiary/aromatic N) is 2. The minimum absolute atomic E-state index is 0.00365. The molecule has 0 aliphatic carbocycles. The molecule has 1 amide bonds. The Labute approximate surface area is 199 Å². The minimum atomic E-state index is -0.253. The quantitative estimate of drug-likeness (QED) is 0.501. The molecule has 32 heavy (non-hydrogen) atoms. The van der Waals surface area contributed by atoms with Crippen LogP contribution in [0.1, 0.15) is 34.1 Å². The van der Waals surface area contributed by atoms with Crippen molar-refractivity contribution in [2.75, 3.05) is 32.8 Å². The van der Waals surface area contributed by atoms with E-state index in [9.17, 15) is 9.59 Å². The second-order valence-corrected chi connectivity index (χ2v) is 11.4. The van der Waals surface area contributed by atoms with E-state index in [2.05, 4.69) is 37.7 Å². The number of aryl methyl sites for hydroxylation is 2. The lowest BCUT2D eigenvalue weighted by atomic mass is 10.2. The molecule has 172 valence electrons. The smallest absolute Gasteiger partial charge is 0.259 e. The van der Waals surface area contributed by atoms with Gasteiger partial charge in [-0.15, -0.1) is 34.4 Å². The second kappa shape index (κ2) is 10.5. The third-order valence-corrected chi connectivity index (χ3v) is 8.98. The highest BCUT2D eigenvalue weighted by atomic mass is 32.2. The Morgan fingerprint density at radius 2 is 2.16 bits per heavy atom. The number of hydrogen-bond acceptors (Lipinski definition) is 8. The molecule has 4 heterocycles. The van der Waals surface area contributed by atoms with Gasteiger partial charge < -0.3 is 15.0 Å². The Bertz CT molecular complexity index is 1120. The van der Waals surface area contributed by atoms with Crippen LogP contribution >= 0.6 is 34.4 Å². The molecule has 1 aliphatic rings. The molecule has 0 aromatic carbocycles. The van der Waals surface area contributed by atoms with Crippen molar-refractivity contribution < 1.29 is 9.53 Å². The van der Waals surface area contributed by atoms with Crippen LogP contribution in [-0.4, -0.2) is 58.9 Å². The molecule has 3 aromatic rings. The Morgan fingerprint density at radius 1 is 1.38 bits per heavy atom. The number of thiophene rings is 2. The van der Waals surface area contributed by atoms with Crippen LogP contribution in [0.5, 0.6) is 0 Å². The van der Waals surface area contributed by atoms with Crippen molar-refractivity contribution in [2.45, 2.75) is 37.8 Å². The first-order valence-corrected chi connectivity index (χ1v) is 13.4. The number of carbonyl (C=O) groups is 1. The van der Waals surface area contributed by atoms with Gasteiger partial charge in [-0.05, 0) is 37.8 Å². The van der Waals surface area contributed by atoms with E-state index in [1.807, 2.05) is 20.8 Å². The van der Waals surface area contributed by atoms with Crippen LogP contribution < -0.4 is 10.9 Å². The lowest BCUT2D eigenvalue weighted by Crippen LogP contribution is -2.44. The van der Waals surface area contributed by atoms with Gasteiger partial charge in [0.05, 0.1) is 35.6 Å². The molecule has 0 saturated carbocycles. The van der Waals surface area contributed by atoms with Gasteiger partial charge in [0.25, 0.3) is 5.56 Å². The highest BCUT2D eigenvalue weighted by Crippen LogP contribution is 2.27. The van der Waals surface area contributed by atoms with E-state index in [-0.39, 0.29) is 22.8 Å². The molecule has 1 saturated heterocycles. The first-order valence-electron chi connectivity index (χ1n) is 10.7. The molecule has 0 spiro atoms. The molecule has 7 nitrogen and oxygen atoms in total. The Kier molecular flexibility index (Phi) is 7.67. The molecule has 1 fully saturated rings. The lowest BCUT2D eigenvalue weighted by Gasteiger charge is -2.34. The topological polar surface area (TPSA) is 87.3 Å². The first-order chi connectivity index (χ1) is 15.4. The minimum Gasteiger partial charge on any atom is -0.379 e. The van der Waals surface area contributed by atoms with Gasteiger partial charge in [-0.25, -0.2) is 4.98 Å². The van der Waals surface area contributed by atoms with E-state index in [4.69, 9.17) is 4.74 Å². The monoisotopic (exact) mass is 492 g/mol. The molecule has 0 bridgehead atoms. The summed E-state index contributed by atoms with van der Waals surface area (Å²) in [5, 5.41) is 5.63. The van der Waals surface area contributed by atoms with Crippen molar-refractivity contribution in [3.05, 3.63) is 49.0 Å². The SMILES string of the molecule is Cc1sc2nc(CSC(C)C(=O)NCC(c3cccs3)N3CCOCC3)[nH]c(=O)c2c1C. The van der Waals surface area contributed by atoms with Crippen molar-refractivity contribution in [1.29, 1.82) is 0 Å². The van der Waals surface area contributed by atoms with Crippen LogP contribution in [0.4, 0.5) is 0 Å². The van der Waals surface area contributed by atoms with E-state index in [0.717, 1.165) is 41.6 Å². The van der Waals surface area contributed by atoms with Crippen molar-refractivity contribution in [3.8, 4) is 0 Å². The second-order valence-electron chi connectivity index (χ2n) is 7.85. The zero-order chi connectivity index (χ0) is 22.7. The highest BCUT2D eigenvalue weighted by Gasteiger charge is 2.25. The Balaban J connectivity index is 1.35. The number of ether oxygens (including phenoxy) is 1. The Hall–Kier alpha value is -1.72. The summed E-state index contributed by atoms with van der Waals surface area (Å²) < 4.78 is 5.49.